The molecule has 0 heterocycles. The van der Waals surface area contributed by atoms with Crippen LogP contribution in [0, 0.1) is 5.92 Å². The van der Waals surface area contributed by atoms with Crippen LogP contribution in [0.3, 0.4) is 0 Å². The Morgan fingerprint density at radius 2 is 2.10 bits per heavy atom. The van der Waals surface area contributed by atoms with Crippen molar-refractivity contribution in [2.45, 2.75) is 39.9 Å². The van der Waals surface area contributed by atoms with Crippen LogP contribution in [-0.2, 0) is 11.4 Å². The van der Waals surface area contributed by atoms with E-state index in [0.29, 0.717) is 28.8 Å². The van der Waals surface area contributed by atoms with Gasteiger partial charge in [0.15, 0.2) is 6.10 Å². The maximum Gasteiger partial charge on any atom is 0.260 e. The number of ether oxygens (including phenoxy) is 1. The average Bonchev–Trinajstić information content (AvgIpc) is 2.38. The molecular formula is C15H22ClNO3. The maximum atomic E-state index is 11.9. The lowest BCUT2D eigenvalue weighted by atomic mass is 10.1. The summed E-state index contributed by atoms with van der Waals surface area (Å²) in [6, 6.07) is 5.09. The number of hydrogen-bond donors (Lipinski definition) is 2. The van der Waals surface area contributed by atoms with Crippen LogP contribution in [0.2, 0.25) is 5.02 Å². The SMILES string of the molecule is CC(C)CCNC(=O)C(C)Oc1cccc(Cl)c1CO. The van der Waals surface area contributed by atoms with E-state index in [4.69, 9.17) is 16.3 Å². The van der Waals surface area contributed by atoms with Crippen LogP contribution in [-0.4, -0.2) is 23.7 Å². The number of halogens is 1. The topological polar surface area (TPSA) is 58.6 Å². The van der Waals surface area contributed by atoms with Gasteiger partial charge in [0.1, 0.15) is 5.75 Å². The van der Waals surface area contributed by atoms with Gasteiger partial charge in [-0.05, 0) is 31.4 Å². The van der Waals surface area contributed by atoms with Gasteiger partial charge in [0.25, 0.3) is 5.91 Å². The second-order valence-electron chi connectivity index (χ2n) is 5.11. The van der Waals surface area contributed by atoms with E-state index in [1.165, 1.54) is 0 Å². The average molecular weight is 300 g/mol. The summed E-state index contributed by atoms with van der Waals surface area (Å²) in [5.74, 6) is 0.807. The molecule has 5 heteroatoms. The van der Waals surface area contributed by atoms with Crippen LogP contribution in [0.15, 0.2) is 18.2 Å². The Hall–Kier alpha value is -1.26. The first-order valence-corrected chi connectivity index (χ1v) is 7.16. The molecule has 0 spiro atoms. The quantitative estimate of drug-likeness (QED) is 0.814. The summed E-state index contributed by atoms with van der Waals surface area (Å²) in [5, 5.41) is 12.5. The Morgan fingerprint density at radius 1 is 1.40 bits per heavy atom. The highest BCUT2D eigenvalue weighted by Crippen LogP contribution is 2.27. The molecule has 0 bridgehead atoms. The van der Waals surface area contributed by atoms with E-state index in [1.807, 2.05) is 0 Å². The summed E-state index contributed by atoms with van der Waals surface area (Å²) in [6.45, 7) is 6.28. The van der Waals surface area contributed by atoms with Crippen LogP contribution in [0.5, 0.6) is 5.75 Å². The van der Waals surface area contributed by atoms with Gasteiger partial charge in [-0.15, -0.1) is 0 Å². The van der Waals surface area contributed by atoms with E-state index in [9.17, 15) is 9.90 Å². The zero-order chi connectivity index (χ0) is 15.1. The molecule has 0 aliphatic heterocycles. The molecule has 112 valence electrons. The van der Waals surface area contributed by atoms with Crippen molar-refractivity contribution >= 4 is 17.5 Å². The molecule has 4 nitrogen and oxygen atoms in total. The molecule has 2 N–H and O–H groups in total. The fourth-order valence-electron chi connectivity index (χ4n) is 1.67. The fourth-order valence-corrected chi connectivity index (χ4v) is 1.90. The number of rotatable bonds is 7. The van der Waals surface area contributed by atoms with Crippen molar-refractivity contribution in [1.82, 2.24) is 5.32 Å². The largest absolute Gasteiger partial charge is 0.480 e. The summed E-state index contributed by atoms with van der Waals surface area (Å²) in [7, 11) is 0. The molecule has 0 aliphatic rings. The van der Waals surface area contributed by atoms with Gasteiger partial charge in [0, 0.05) is 17.1 Å². The van der Waals surface area contributed by atoms with Crippen molar-refractivity contribution in [3.63, 3.8) is 0 Å². The number of amides is 1. The van der Waals surface area contributed by atoms with E-state index in [0.717, 1.165) is 6.42 Å². The third-order valence-corrected chi connectivity index (χ3v) is 3.28. The van der Waals surface area contributed by atoms with Crippen LogP contribution < -0.4 is 10.1 Å². The standard InChI is InChI=1S/C15H22ClNO3/c1-10(2)7-8-17-15(19)11(3)20-14-6-4-5-13(16)12(14)9-18/h4-6,10-11,18H,7-9H2,1-3H3,(H,17,19). The zero-order valence-electron chi connectivity index (χ0n) is 12.1. The van der Waals surface area contributed by atoms with Crippen molar-refractivity contribution < 1.29 is 14.6 Å². The molecule has 1 aromatic rings. The number of aliphatic hydroxyl groups is 1. The maximum absolute atomic E-state index is 11.9. The number of benzene rings is 1. The summed E-state index contributed by atoms with van der Waals surface area (Å²) >= 11 is 5.97. The van der Waals surface area contributed by atoms with Gasteiger partial charge >= 0.3 is 0 Å². The Balaban J connectivity index is 2.59. The predicted molar refractivity (Wildman–Crippen MR) is 79.9 cm³/mol. The van der Waals surface area contributed by atoms with E-state index in [1.54, 1.807) is 25.1 Å². The van der Waals surface area contributed by atoms with Gasteiger partial charge in [-0.3, -0.25) is 4.79 Å². The van der Waals surface area contributed by atoms with Crippen molar-refractivity contribution in [3.8, 4) is 5.75 Å². The third-order valence-electron chi connectivity index (χ3n) is 2.93. The molecule has 1 rings (SSSR count). The monoisotopic (exact) mass is 299 g/mol. The lowest BCUT2D eigenvalue weighted by molar-refractivity contribution is -0.127. The molecule has 0 aliphatic carbocycles. The van der Waals surface area contributed by atoms with Crippen LogP contribution in [0.25, 0.3) is 0 Å². The predicted octanol–water partition coefficient (Wildman–Crippen LogP) is 2.76. The summed E-state index contributed by atoms with van der Waals surface area (Å²) in [5.41, 5.74) is 0.496. The van der Waals surface area contributed by atoms with Gasteiger partial charge in [-0.1, -0.05) is 31.5 Å². The molecule has 0 saturated heterocycles. The molecule has 1 atom stereocenters. The molecule has 0 saturated carbocycles. The van der Waals surface area contributed by atoms with Crippen LogP contribution in [0.4, 0.5) is 0 Å². The lowest BCUT2D eigenvalue weighted by Gasteiger charge is -2.17. The minimum absolute atomic E-state index is 0.172. The molecule has 1 unspecified atom stereocenters. The van der Waals surface area contributed by atoms with Crippen LogP contribution >= 0.6 is 11.6 Å². The summed E-state index contributed by atoms with van der Waals surface area (Å²) < 4.78 is 5.58. The van der Waals surface area contributed by atoms with Crippen molar-refractivity contribution in [3.05, 3.63) is 28.8 Å². The Morgan fingerprint density at radius 3 is 2.70 bits per heavy atom. The molecule has 0 fully saturated rings. The molecular weight excluding hydrogens is 278 g/mol. The van der Waals surface area contributed by atoms with Gasteiger partial charge < -0.3 is 15.2 Å². The molecule has 20 heavy (non-hydrogen) atoms. The molecule has 0 aromatic heterocycles. The Labute approximate surface area is 125 Å². The minimum Gasteiger partial charge on any atom is -0.480 e. The van der Waals surface area contributed by atoms with Gasteiger partial charge in [0.2, 0.25) is 0 Å². The normalized spacial score (nSPS) is 12.3. The highest BCUT2D eigenvalue weighted by Gasteiger charge is 2.16. The molecule has 1 aromatic carbocycles. The Bertz CT molecular complexity index is 449. The van der Waals surface area contributed by atoms with Crippen molar-refractivity contribution in [2.75, 3.05) is 6.54 Å². The number of nitrogens with one attached hydrogen (secondary N) is 1. The first-order chi connectivity index (χ1) is 9.45. The number of carbonyl (C=O) groups excluding carboxylic acids is 1. The molecule has 0 radical (unpaired) electrons. The second-order valence-corrected chi connectivity index (χ2v) is 5.52. The van der Waals surface area contributed by atoms with Crippen molar-refractivity contribution in [2.24, 2.45) is 5.92 Å². The molecule has 1 amide bonds. The van der Waals surface area contributed by atoms with Crippen LogP contribution in [0.1, 0.15) is 32.8 Å². The van der Waals surface area contributed by atoms with E-state index in [-0.39, 0.29) is 12.5 Å². The smallest absolute Gasteiger partial charge is 0.260 e. The number of hydrogen-bond acceptors (Lipinski definition) is 3. The van der Waals surface area contributed by atoms with E-state index < -0.39 is 6.10 Å². The highest BCUT2D eigenvalue weighted by atomic mass is 35.5. The first-order valence-electron chi connectivity index (χ1n) is 6.78. The number of carbonyl (C=O) groups is 1. The summed E-state index contributed by atoms with van der Waals surface area (Å²) in [6.07, 6.45) is 0.295. The highest BCUT2D eigenvalue weighted by molar-refractivity contribution is 6.31. The van der Waals surface area contributed by atoms with Gasteiger partial charge in [-0.2, -0.15) is 0 Å². The fraction of sp³-hybridized carbons (Fsp3) is 0.533. The first kappa shape index (κ1) is 16.8. The zero-order valence-corrected chi connectivity index (χ0v) is 12.9. The number of aliphatic hydroxyl groups excluding tert-OH is 1. The minimum atomic E-state index is -0.633. The third kappa shape index (κ3) is 5.02. The van der Waals surface area contributed by atoms with E-state index in [2.05, 4.69) is 19.2 Å². The van der Waals surface area contributed by atoms with Crippen molar-refractivity contribution in [1.29, 1.82) is 0 Å². The summed E-state index contributed by atoms with van der Waals surface area (Å²) in [4.78, 5) is 11.9. The second kappa shape index (κ2) is 8.12. The van der Waals surface area contributed by atoms with Gasteiger partial charge in [0.05, 0.1) is 6.61 Å². The van der Waals surface area contributed by atoms with E-state index >= 15 is 0 Å². The van der Waals surface area contributed by atoms with Gasteiger partial charge in [-0.25, -0.2) is 0 Å². The Kier molecular flexibility index (Phi) is 6.82. The lowest BCUT2D eigenvalue weighted by Crippen LogP contribution is -2.37.